The van der Waals surface area contributed by atoms with Crippen molar-refractivity contribution in [2.24, 2.45) is 5.92 Å². The number of hydrogen-bond donors (Lipinski definition) is 3. The minimum Gasteiger partial charge on any atom is -0.393 e. The monoisotopic (exact) mass is 242 g/mol. The van der Waals surface area contributed by atoms with E-state index in [1.54, 1.807) is 6.92 Å². The number of hydrogen-bond acceptors (Lipinski definition) is 2. The van der Waals surface area contributed by atoms with Crippen LogP contribution in [0, 0.1) is 5.92 Å². The first-order valence-corrected chi connectivity index (χ1v) is 6.82. The van der Waals surface area contributed by atoms with E-state index in [9.17, 15) is 4.79 Å². The van der Waals surface area contributed by atoms with E-state index >= 15 is 0 Å². The predicted octanol–water partition coefficient (Wildman–Crippen LogP) is 2.03. The van der Waals surface area contributed by atoms with Crippen molar-refractivity contribution in [3.05, 3.63) is 0 Å². The fourth-order valence-corrected chi connectivity index (χ4v) is 2.40. The van der Waals surface area contributed by atoms with E-state index in [1.807, 2.05) is 0 Å². The fourth-order valence-electron chi connectivity index (χ4n) is 2.40. The Bertz CT molecular complexity index is 225. The molecule has 0 radical (unpaired) electrons. The van der Waals surface area contributed by atoms with Crippen LogP contribution in [0.15, 0.2) is 0 Å². The summed E-state index contributed by atoms with van der Waals surface area (Å²) in [6, 6.07) is 0.144. The maximum atomic E-state index is 11.6. The predicted molar refractivity (Wildman–Crippen MR) is 68.9 cm³/mol. The van der Waals surface area contributed by atoms with Crippen LogP contribution in [0.25, 0.3) is 0 Å². The average Bonchev–Trinajstić information content (AvgIpc) is 2.29. The van der Waals surface area contributed by atoms with Gasteiger partial charge in [-0.05, 0) is 39.0 Å². The molecule has 1 saturated carbocycles. The van der Waals surface area contributed by atoms with Crippen LogP contribution in [0.4, 0.5) is 4.79 Å². The van der Waals surface area contributed by atoms with E-state index in [0.717, 1.165) is 0 Å². The van der Waals surface area contributed by atoms with Gasteiger partial charge in [0.1, 0.15) is 0 Å². The van der Waals surface area contributed by atoms with Crippen LogP contribution in [0.1, 0.15) is 52.4 Å². The molecule has 0 aromatic rings. The van der Waals surface area contributed by atoms with E-state index in [2.05, 4.69) is 17.6 Å². The summed E-state index contributed by atoms with van der Waals surface area (Å²) in [7, 11) is 0. The fraction of sp³-hybridized carbons (Fsp3) is 0.923. The Balaban J connectivity index is 2.15. The largest absolute Gasteiger partial charge is 0.393 e. The summed E-state index contributed by atoms with van der Waals surface area (Å²) in [6.07, 6.45) is 6.63. The lowest BCUT2D eigenvalue weighted by Gasteiger charge is -2.28. The molecule has 1 aliphatic carbocycles. The molecule has 0 saturated heterocycles. The van der Waals surface area contributed by atoms with Gasteiger partial charge in [0.2, 0.25) is 0 Å². The molecule has 100 valence electrons. The lowest BCUT2D eigenvalue weighted by atomic mass is 9.85. The van der Waals surface area contributed by atoms with E-state index in [0.29, 0.717) is 18.9 Å². The Hall–Kier alpha value is -0.770. The molecule has 3 N–H and O–H groups in total. The second-order valence-electron chi connectivity index (χ2n) is 5.22. The molecule has 2 amide bonds. The highest BCUT2D eigenvalue weighted by molar-refractivity contribution is 5.74. The van der Waals surface area contributed by atoms with Crippen LogP contribution >= 0.6 is 0 Å². The summed E-state index contributed by atoms with van der Waals surface area (Å²) in [5.41, 5.74) is 0. The number of aliphatic hydroxyl groups excluding tert-OH is 1. The average molecular weight is 242 g/mol. The highest BCUT2D eigenvalue weighted by atomic mass is 16.3. The Labute approximate surface area is 104 Å². The highest BCUT2D eigenvalue weighted by Crippen LogP contribution is 2.26. The molecule has 4 heteroatoms. The van der Waals surface area contributed by atoms with Crippen LogP contribution in [-0.4, -0.2) is 29.8 Å². The van der Waals surface area contributed by atoms with Gasteiger partial charge >= 0.3 is 6.03 Å². The first kappa shape index (κ1) is 14.3. The van der Waals surface area contributed by atoms with Crippen molar-refractivity contribution < 1.29 is 9.90 Å². The van der Waals surface area contributed by atoms with Gasteiger partial charge in [-0.2, -0.15) is 0 Å². The molecule has 4 nitrogen and oxygen atoms in total. The van der Waals surface area contributed by atoms with Crippen LogP contribution in [0.5, 0.6) is 0 Å². The lowest BCUT2D eigenvalue weighted by molar-refractivity contribution is 0.182. The highest BCUT2D eigenvalue weighted by Gasteiger charge is 2.21. The van der Waals surface area contributed by atoms with Gasteiger partial charge < -0.3 is 15.7 Å². The smallest absolute Gasteiger partial charge is 0.315 e. The standard InChI is InChI=1S/C13H26N2O2/c1-10(16)8-9-14-13(17)15-11(2)12-6-4-3-5-7-12/h10-12,16H,3-9H2,1-2H3,(H2,14,15,17). The first-order chi connectivity index (χ1) is 8.09. The third-order valence-corrected chi connectivity index (χ3v) is 3.56. The van der Waals surface area contributed by atoms with Gasteiger partial charge in [-0.25, -0.2) is 4.79 Å². The molecule has 0 aliphatic heterocycles. The van der Waals surface area contributed by atoms with Crippen LogP contribution < -0.4 is 10.6 Å². The van der Waals surface area contributed by atoms with Gasteiger partial charge in [0.15, 0.2) is 0 Å². The summed E-state index contributed by atoms with van der Waals surface area (Å²) in [6.45, 7) is 4.34. The van der Waals surface area contributed by atoms with Crippen molar-refractivity contribution >= 4 is 6.03 Å². The number of rotatable bonds is 5. The molecule has 1 fully saturated rings. The molecule has 0 aromatic heterocycles. The van der Waals surface area contributed by atoms with Gasteiger partial charge in [0.25, 0.3) is 0 Å². The number of carbonyl (C=O) groups is 1. The van der Waals surface area contributed by atoms with Crippen molar-refractivity contribution in [1.29, 1.82) is 0 Å². The quantitative estimate of drug-likeness (QED) is 0.690. The third kappa shape index (κ3) is 5.91. The molecule has 1 aliphatic rings. The van der Waals surface area contributed by atoms with Crippen LogP contribution in [0.3, 0.4) is 0 Å². The molecule has 0 aromatic carbocycles. The van der Waals surface area contributed by atoms with Crippen molar-refractivity contribution in [1.82, 2.24) is 10.6 Å². The third-order valence-electron chi connectivity index (χ3n) is 3.56. The number of amides is 2. The molecule has 2 atom stereocenters. The lowest BCUT2D eigenvalue weighted by Crippen LogP contribution is -2.45. The van der Waals surface area contributed by atoms with E-state index in [1.165, 1.54) is 32.1 Å². The second-order valence-corrected chi connectivity index (χ2v) is 5.22. The minimum atomic E-state index is -0.355. The Morgan fingerprint density at radius 3 is 2.53 bits per heavy atom. The number of aliphatic hydroxyl groups is 1. The van der Waals surface area contributed by atoms with Gasteiger partial charge in [-0.15, -0.1) is 0 Å². The van der Waals surface area contributed by atoms with Gasteiger partial charge in [0.05, 0.1) is 6.10 Å². The maximum absolute atomic E-state index is 11.6. The Kier molecular flexibility index (Phi) is 6.34. The normalized spacial score (nSPS) is 20.6. The topological polar surface area (TPSA) is 61.4 Å². The van der Waals surface area contributed by atoms with E-state index in [4.69, 9.17) is 5.11 Å². The molecular formula is C13H26N2O2. The van der Waals surface area contributed by atoms with E-state index < -0.39 is 0 Å². The number of carbonyl (C=O) groups excluding carboxylic acids is 1. The minimum absolute atomic E-state index is 0.108. The Morgan fingerprint density at radius 2 is 1.94 bits per heavy atom. The van der Waals surface area contributed by atoms with Crippen molar-refractivity contribution in [3.8, 4) is 0 Å². The van der Waals surface area contributed by atoms with Crippen LogP contribution in [-0.2, 0) is 0 Å². The zero-order valence-corrected chi connectivity index (χ0v) is 11.0. The molecule has 1 rings (SSSR count). The zero-order valence-electron chi connectivity index (χ0n) is 11.0. The van der Waals surface area contributed by atoms with Gasteiger partial charge in [-0.3, -0.25) is 0 Å². The number of urea groups is 1. The first-order valence-electron chi connectivity index (χ1n) is 6.82. The second kappa shape index (κ2) is 7.54. The van der Waals surface area contributed by atoms with Gasteiger partial charge in [-0.1, -0.05) is 19.3 Å². The summed E-state index contributed by atoms with van der Waals surface area (Å²) in [5, 5.41) is 14.8. The van der Waals surface area contributed by atoms with E-state index in [-0.39, 0.29) is 18.2 Å². The number of nitrogens with one attached hydrogen (secondary N) is 2. The van der Waals surface area contributed by atoms with Crippen LogP contribution in [0.2, 0.25) is 0 Å². The summed E-state index contributed by atoms with van der Waals surface area (Å²) in [5.74, 6) is 0.631. The van der Waals surface area contributed by atoms with Crippen molar-refractivity contribution in [3.63, 3.8) is 0 Å². The Morgan fingerprint density at radius 1 is 1.29 bits per heavy atom. The van der Waals surface area contributed by atoms with Gasteiger partial charge in [0, 0.05) is 12.6 Å². The molecule has 2 unspecified atom stereocenters. The molecule has 17 heavy (non-hydrogen) atoms. The summed E-state index contributed by atoms with van der Waals surface area (Å²) in [4.78, 5) is 11.6. The van der Waals surface area contributed by atoms with Crippen molar-refractivity contribution in [2.45, 2.75) is 64.5 Å². The SMILES string of the molecule is CC(O)CCNC(=O)NC(C)C1CCCCC1. The summed E-state index contributed by atoms with van der Waals surface area (Å²) >= 11 is 0. The molecule has 0 heterocycles. The zero-order chi connectivity index (χ0) is 12.7. The molecule has 0 spiro atoms. The van der Waals surface area contributed by atoms with Crippen molar-refractivity contribution in [2.75, 3.05) is 6.54 Å². The molecular weight excluding hydrogens is 216 g/mol. The molecule has 0 bridgehead atoms. The summed E-state index contributed by atoms with van der Waals surface area (Å²) < 4.78 is 0. The maximum Gasteiger partial charge on any atom is 0.315 e.